The van der Waals surface area contributed by atoms with Crippen molar-refractivity contribution >= 4 is 19.7 Å². The molecule has 3 unspecified atom stereocenters. The number of likely N-dealkylation sites (N-methyl/N-ethyl adjacent to an activating group) is 1. The summed E-state index contributed by atoms with van der Waals surface area (Å²) < 4.78 is 30.7. The molecule has 0 spiro atoms. The molecule has 0 aromatic heterocycles. The molecule has 0 aliphatic carbocycles. The number of quaternary nitrogens is 1. The van der Waals surface area contributed by atoms with Crippen LogP contribution in [0.1, 0.15) is 278 Å². The van der Waals surface area contributed by atoms with Crippen molar-refractivity contribution in [2.24, 2.45) is 0 Å². The van der Waals surface area contributed by atoms with Crippen LogP contribution < -0.4 is 5.32 Å². The van der Waals surface area contributed by atoms with Crippen LogP contribution in [0, 0.1) is 0 Å². The standard InChI is InChI=1S/C69H123N2O7P/c1-7-10-13-16-19-22-25-27-29-31-32-33-34-35-36-37-38-40-41-43-46-49-52-55-58-61-68(72)70-66(65-77-79(74,75)76-64-63-71(4,5)6)67(60-57-54-51-48-45-24-21-18-15-12-9-3)78-69(73)62-59-56-53-50-47-44-42-39-30-28-26-23-20-17-14-11-8-2/h19-20,22-23,27-30,32-33,35-36,42,44,57,60,66-67H,7-18,21,24-26,31,34,37-41,43,45-56,58-59,61-65H2,1-6H3,(H-,70,72,74,75)/p+1/b22-19-,23-20-,29-27-,30-28-,33-32-,36-35-,44-42-,60-57-. The van der Waals surface area contributed by atoms with Gasteiger partial charge < -0.3 is 19.4 Å². The highest BCUT2D eigenvalue weighted by Gasteiger charge is 2.30. The van der Waals surface area contributed by atoms with Crippen LogP contribution in [0.2, 0.25) is 0 Å². The SMILES string of the molecule is CCCCC/C=C\C/C=C\C/C=C\C/C=C\CCCCCCCCCCCC(=O)NC(COP(=O)(O)OCC[N+](C)(C)C)C(/C=C\CCCCCCCCCCC)OC(=O)CCCCCC/C=C\C/C=C\C/C=C\CCCCC. The molecule has 79 heavy (non-hydrogen) atoms. The van der Waals surface area contributed by atoms with Crippen LogP contribution in [0.5, 0.6) is 0 Å². The van der Waals surface area contributed by atoms with Crippen LogP contribution in [-0.2, 0) is 27.9 Å². The maximum atomic E-state index is 13.6. The number of rotatable bonds is 58. The van der Waals surface area contributed by atoms with Crippen molar-refractivity contribution in [3.05, 3.63) is 97.2 Å². The topological polar surface area (TPSA) is 111 Å². The Hall–Kier alpha value is -3.07. The average Bonchev–Trinajstić information content (AvgIpc) is 3.41. The van der Waals surface area contributed by atoms with Gasteiger partial charge in [0.1, 0.15) is 19.3 Å². The number of unbranched alkanes of at least 4 members (excludes halogenated alkanes) is 28. The first-order valence-corrected chi connectivity index (χ1v) is 34.1. The molecule has 0 radical (unpaired) electrons. The summed E-state index contributed by atoms with van der Waals surface area (Å²) in [5.41, 5.74) is 0. The number of nitrogens with zero attached hydrogens (tertiary/aromatic N) is 1. The highest BCUT2D eigenvalue weighted by atomic mass is 31.2. The molecule has 9 nitrogen and oxygen atoms in total. The Morgan fingerprint density at radius 2 is 0.772 bits per heavy atom. The third-order valence-corrected chi connectivity index (χ3v) is 15.0. The molecule has 0 bridgehead atoms. The van der Waals surface area contributed by atoms with Crippen molar-refractivity contribution in [1.82, 2.24) is 5.32 Å². The number of phosphoric acid groups is 1. The van der Waals surface area contributed by atoms with Gasteiger partial charge in [-0.05, 0) is 115 Å². The Morgan fingerprint density at radius 3 is 1.18 bits per heavy atom. The number of carbonyl (C=O) groups is 2. The van der Waals surface area contributed by atoms with Crippen molar-refractivity contribution in [2.45, 2.75) is 290 Å². The fourth-order valence-corrected chi connectivity index (χ4v) is 9.67. The highest BCUT2D eigenvalue weighted by molar-refractivity contribution is 7.47. The van der Waals surface area contributed by atoms with E-state index in [4.69, 9.17) is 13.8 Å². The molecule has 456 valence electrons. The minimum atomic E-state index is -4.46. The first kappa shape index (κ1) is 75.9. The van der Waals surface area contributed by atoms with E-state index >= 15 is 0 Å². The van der Waals surface area contributed by atoms with Gasteiger partial charge in [0, 0.05) is 12.8 Å². The Labute approximate surface area is 488 Å². The second-order valence-corrected chi connectivity index (χ2v) is 24.4. The van der Waals surface area contributed by atoms with Crippen LogP contribution in [0.15, 0.2) is 97.2 Å². The van der Waals surface area contributed by atoms with E-state index in [1.165, 1.54) is 128 Å². The molecule has 0 aliphatic heterocycles. The molecule has 0 aromatic carbocycles. The van der Waals surface area contributed by atoms with Gasteiger partial charge in [0.2, 0.25) is 5.91 Å². The Morgan fingerprint density at radius 1 is 0.443 bits per heavy atom. The lowest BCUT2D eigenvalue weighted by Gasteiger charge is -2.27. The smallest absolute Gasteiger partial charge is 0.456 e. The average molecular weight is 1120 g/mol. The fourth-order valence-electron chi connectivity index (χ4n) is 8.93. The molecule has 0 heterocycles. The predicted molar refractivity (Wildman–Crippen MR) is 341 cm³/mol. The number of esters is 1. The predicted octanol–water partition coefficient (Wildman–Crippen LogP) is 20.3. The molecular formula is C69H124N2O7P+. The van der Waals surface area contributed by atoms with Gasteiger partial charge in [-0.15, -0.1) is 0 Å². The maximum absolute atomic E-state index is 13.6. The Kier molecular flexibility index (Phi) is 55.9. The normalized spacial score (nSPS) is 14.3. The van der Waals surface area contributed by atoms with E-state index < -0.39 is 20.0 Å². The first-order valence-electron chi connectivity index (χ1n) is 32.6. The monoisotopic (exact) mass is 1120 g/mol. The van der Waals surface area contributed by atoms with Crippen molar-refractivity contribution in [3.8, 4) is 0 Å². The lowest BCUT2D eigenvalue weighted by atomic mass is 10.0. The Bertz CT molecular complexity index is 1670. The summed E-state index contributed by atoms with van der Waals surface area (Å²) in [7, 11) is 1.47. The Balaban J connectivity index is 5.17. The van der Waals surface area contributed by atoms with Gasteiger partial charge in [0.15, 0.2) is 0 Å². The number of ether oxygens (including phenoxy) is 1. The quantitative estimate of drug-likeness (QED) is 0.0205. The summed E-state index contributed by atoms with van der Waals surface area (Å²) in [4.78, 5) is 37.7. The van der Waals surface area contributed by atoms with Gasteiger partial charge in [-0.25, -0.2) is 4.57 Å². The van der Waals surface area contributed by atoms with Gasteiger partial charge in [0.05, 0.1) is 33.8 Å². The lowest BCUT2D eigenvalue weighted by molar-refractivity contribution is -0.870. The van der Waals surface area contributed by atoms with Crippen molar-refractivity contribution < 1.29 is 37.3 Å². The van der Waals surface area contributed by atoms with E-state index in [2.05, 4.69) is 111 Å². The molecule has 0 saturated carbocycles. The summed E-state index contributed by atoms with van der Waals surface area (Å²) in [5.74, 6) is -0.539. The number of hydrogen-bond donors (Lipinski definition) is 2. The zero-order chi connectivity index (χ0) is 57.9. The number of hydrogen-bond acceptors (Lipinski definition) is 6. The summed E-state index contributed by atoms with van der Waals surface area (Å²) in [6, 6.07) is -0.866. The molecule has 3 atom stereocenters. The highest BCUT2D eigenvalue weighted by Crippen LogP contribution is 2.43. The van der Waals surface area contributed by atoms with Crippen molar-refractivity contribution in [3.63, 3.8) is 0 Å². The maximum Gasteiger partial charge on any atom is 0.472 e. The van der Waals surface area contributed by atoms with E-state index in [0.717, 1.165) is 109 Å². The van der Waals surface area contributed by atoms with Crippen LogP contribution in [0.25, 0.3) is 0 Å². The third-order valence-electron chi connectivity index (χ3n) is 14.0. The largest absolute Gasteiger partial charge is 0.472 e. The molecular weight excluding hydrogens is 1000 g/mol. The molecule has 0 fully saturated rings. The molecule has 0 aliphatic rings. The van der Waals surface area contributed by atoms with E-state index in [1.807, 2.05) is 33.3 Å². The van der Waals surface area contributed by atoms with Gasteiger partial charge in [-0.3, -0.25) is 18.6 Å². The van der Waals surface area contributed by atoms with Gasteiger partial charge in [-0.1, -0.05) is 247 Å². The van der Waals surface area contributed by atoms with Crippen molar-refractivity contribution in [2.75, 3.05) is 40.9 Å². The van der Waals surface area contributed by atoms with Crippen LogP contribution in [-0.4, -0.2) is 74.3 Å². The molecule has 0 aromatic rings. The summed E-state index contributed by atoms with van der Waals surface area (Å²) in [6.45, 7) is 6.93. The summed E-state index contributed by atoms with van der Waals surface area (Å²) in [6.07, 6.45) is 78.3. The van der Waals surface area contributed by atoms with E-state index in [0.29, 0.717) is 23.9 Å². The van der Waals surface area contributed by atoms with E-state index in [1.54, 1.807) is 0 Å². The summed E-state index contributed by atoms with van der Waals surface area (Å²) >= 11 is 0. The van der Waals surface area contributed by atoms with Crippen LogP contribution >= 0.6 is 7.82 Å². The molecule has 2 N–H and O–H groups in total. The number of nitrogens with one attached hydrogen (secondary N) is 1. The minimum absolute atomic E-state index is 0.0309. The fraction of sp³-hybridized carbons (Fsp3) is 0.739. The third kappa shape index (κ3) is 59.4. The van der Waals surface area contributed by atoms with Crippen LogP contribution in [0.4, 0.5) is 0 Å². The van der Waals surface area contributed by atoms with Gasteiger partial charge in [-0.2, -0.15) is 0 Å². The number of phosphoric ester groups is 1. The molecule has 0 rings (SSSR count). The summed E-state index contributed by atoms with van der Waals surface area (Å²) in [5, 5.41) is 3.05. The number of carbonyl (C=O) groups excluding carboxylic acids is 2. The van der Waals surface area contributed by atoms with Crippen LogP contribution in [0.3, 0.4) is 0 Å². The van der Waals surface area contributed by atoms with Gasteiger partial charge in [0.25, 0.3) is 0 Å². The molecule has 1 amide bonds. The molecule has 0 saturated heterocycles. The zero-order valence-electron chi connectivity index (χ0n) is 52.1. The first-order chi connectivity index (χ1) is 38.4. The van der Waals surface area contributed by atoms with E-state index in [-0.39, 0.29) is 31.5 Å². The molecule has 10 heteroatoms. The minimum Gasteiger partial charge on any atom is -0.456 e. The number of amides is 1. The second-order valence-electron chi connectivity index (χ2n) is 22.9. The van der Waals surface area contributed by atoms with Crippen molar-refractivity contribution in [1.29, 1.82) is 0 Å². The van der Waals surface area contributed by atoms with E-state index in [9.17, 15) is 19.0 Å². The zero-order valence-corrected chi connectivity index (χ0v) is 53.0. The van der Waals surface area contributed by atoms with Gasteiger partial charge >= 0.3 is 13.8 Å². The number of allylic oxidation sites excluding steroid dienone is 15. The lowest BCUT2D eigenvalue weighted by Crippen LogP contribution is -2.47. The second kappa shape index (κ2) is 58.1.